The van der Waals surface area contributed by atoms with Gasteiger partial charge in [0.2, 0.25) is 0 Å². The summed E-state index contributed by atoms with van der Waals surface area (Å²) in [5.41, 5.74) is 3.66. The molecule has 2 aromatic rings. The molecular formula is C22H30O2. The van der Waals surface area contributed by atoms with E-state index in [4.69, 9.17) is 9.47 Å². The van der Waals surface area contributed by atoms with Crippen LogP contribution in [0.5, 0.6) is 5.75 Å². The molecule has 1 atom stereocenters. The fraction of sp³-hybridized carbons (Fsp3) is 0.455. The lowest BCUT2D eigenvalue weighted by atomic mass is 10.0. The van der Waals surface area contributed by atoms with Crippen molar-refractivity contribution in [3.63, 3.8) is 0 Å². The van der Waals surface area contributed by atoms with Gasteiger partial charge in [0.05, 0.1) is 12.7 Å². The van der Waals surface area contributed by atoms with Gasteiger partial charge in [0.15, 0.2) is 0 Å². The average Bonchev–Trinajstić information content (AvgIpc) is 2.64. The van der Waals surface area contributed by atoms with E-state index in [2.05, 4.69) is 69.3 Å². The fourth-order valence-corrected chi connectivity index (χ4v) is 2.62. The van der Waals surface area contributed by atoms with Gasteiger partial charge >= 0.3 is 0 Å². The van der Waals surface area contributed by atoms with Crippen molar-refractivity contribution >= 4 is 0 Å². The second kappa shape index (κ2) is 10.1. The molecule has 2 heteroatoms. The molecule has 0 aliphatic heterocycles. The van der Waals surface area contributed by atoms with Crippen molar-refractivity contribution in [3.8, 4) is 16.9 Å². The zero-order valence-corrected chi connectivity index (χ0v) is 15.3. The van der Waals surface area contributed by atoms with Crippen LogP contribution in [-0.4, -0.2) is 13.2 Å². The summed E-state index contributed by atoms with van der Waals surface area (Å²) in [6.45, 7) is 8.05. The maximum Gasteiger partial charge on any atom is 0.119 e. The normalized spacial score (nSPS) is 12.1. The number of benzene rings is 2. The Morgan fingerprint density at radius 2 is 1.38 bits per heavy atom. The molecule has 0 bridgehead atoms. The lowest BCUT2D eigenvalue weighted by Gasteiger charge is -2.13. The highest BCUT2D eigenvalue weighted by molar-refractivity contribution is 5.64. The van der Waals surface area contributed by atoms with Gasteiger partial charge in [0.1, 0.15) is 5.75 Å². The molecule has 0 fully saturated rings. The van der Waals surface area contributed by atoms with Gasteiger partial charge < -0.3 is 9.47 Å². The summed E-state index contributed by atoms with van der Waals surface area (Å²) < 4.78 is 11.5. The van der Waals surface area contributed by atoms with Gasteiger partial charge in [-0.15, -0.1) is 0 Å². The zero-order chi connectivity index (χ0) is 17.2. The number of unbranched alkanes of at least 4 members (excludes halogenated alkanes) is 2. The molecule has 0 saturated heterocycles. The molecule has 0 amide bonds. The summed E-state index contributed by atoms with van der Waals surface area (Å²) in [5, 5.41) is 0. The first-order valence-electron chi connectivity index (χ1n) is 9.19. The Morgan fingerprint density at radius 1 is 0.750 bits per heavy atom. The van der Waals surface area contributed by atoms with Gasteiger partial charge in [-0.1, -0.05) is 63.1 Å². The molecule has 0 aliphatic rings. The van der Waals surface area contributed by atoms with Gasteiger partial charge in [0.25, 0.3) is 0 Å². The van der Waals surface area contributed by atoms with Crippen molar-refractivity contribution in [2.24, 2.45) is 0 Å². The van der Waals surface area contributed by atoms with Crippen LogP contribution in [0.3, 0.4) is 0 Å². The van der Waals surface area contributed by atoms with E-state index in [-0.39, 0.29) is 6.10 Å². The van der Waals surface area contributed by atoms with E-state index in [1.54, 1.807) is 0 Å². The number of rotatable bonds is 10. The Bertz CT molecular complexity index is 572. The van der Waals surface area contributed by atoms with Crippen LogP contribution >= 0.6 is 0 Å². The van der Waals surface area contributed by atoms with E-state index >= 15 is 0 Å². The van der Waals surface area contributed by atoms with Gasteiger partial charge in [-0.05, 0) is 48.6 Å². The Morgan fingerprint density at radius 3 is 1.96 bits per heavy atom. The highest BCUT2D eigenvalue weighted by Crippen LogP contribution is 2.25. The summed E-state index contributed by atoms with van der Waals surface area (Å²) in [7, 11) is 0. The molecule has 2 nitrogen and oxygen atoms in total. The summed E-state index contributed by atoms with van der Waals surface area (Å²) >= 11 is 0. The van der Waals surface area contributed by atoms with E-state index in [1.807, 2.05) is 0 Å². The Labute approximate surface area is 146 Å². The fourth-order valence-electron chi connectivity index (χ4n) is 2.62. The molecular weight excluding hydrogens is 296 g/mol. The lowest BCUT2D eigenvalue weighted by molar-refractivity contribution is 0.0663. The maximum absolute atomic E-state index is 5.78. The minimum atomic E-state index is 0.151. The quantitative estimate of drug-likeness (QED) is 0.470. The zero-order valence-electron chi connectivity index (χ0n) is 15.3. The third kappa shape index (κ3) is 5.68. The van der Waals surface area contributed by atoms with Crippen molar-refractivity contribution in [3.05, 3.63) is 54.1 Å². The van der Waals surface area contributed by atoms with Crippen molar-refractivity contribution in [1.82, 2.24) is 0 Å². The van der Waals surface area contributed by atoms with Crippen molar-refractivity contribution < 1.29 is 9.47 Å². The maximum atomic E-state index is 5.78. The Balaban J connectivity index is 1.93. The van der Waals surface area contributed by atoms with Crippen molar-refractivity contribution in [2.45, 2.75) is 52.6 Å². The minimum absolute atomic E-state index is 0.151. The third-order valence-corrected chi connectivity index (χ3v) is 4.16. The molecule has 130 valence electrons. The van der Waals surface area contributed by atoms with Crippen LogP contribution in [0.1, 0.15) is 58.1 Å². The molecule has 0 saturated carbocycles. The largest absolute Gasteiger partial charge is 0.494 e. The SMILES string of the molecule is CCCCCOc1ccc(-c2ccc(C(C)OCCC)cc2)cc1. The van der Waals surface area contributed by atoms with Crippen LogP contribution in [0.25, 0.3) is 11.1 Å². The summed E-state index contributed by atoms with van der Waals surface area (Å²) in [4.78, 5) is 0. The van der Waals surface area contributed by atoms with Crippen LogP contribution in [0.15, 0.2) is 48.5 Å². The predicted molar refractivity (Wildman–Crippen MR) is 102 cm³/mol. The lowest BCUT2D eigenvalue weighted by Crippen LogP contribution is -2.00. The van der Waals surface area contributed by atoms with Crippen LogP contribution in [0.4, 0.5) is 0 Å². The first-order chi connectivity index (χ1) is 11.7. The van der Waals surface area contributed by atoms with Gasteiger partial charge in [-0.3, -0.25) is 0 Å². The molecule has 2 rings (SSSR count). The first kappa shape index (κ1) is 18.5. The number of ether oxygens (including phenoxy) is 2. The van der Waals surface area contributed by atoms with Crippen LogP contribution in [0, 0.1) is 0 Å². The first-order valence-corrected chi connectivity index (χ1v) is 9.19. The predicted octanol–water partition coefficient (Wildman–Crippen LogP) is 6.41. The van der Waals surface area contributed by atoms with E-state index < -0.39 is 0 Å². The summed E-state index contributed by atoms with van der Waals surface area (Å²) in [6.07, 6.45) is 4.77. The molecule has 0 N–H and O–H groups in total. The van der Waals surface area contributed by atoms with E-state index in [1.165, 1.54) is 29.5 Å². The number of hydrogen-bond donors (Lipinski definition) is 0. The Kier molecular flexibility index (Phi) is 7.84. The van der Waals surface area contributed by atoms with E-state index in [0.717, 1.165) is 31.8 Å². The smallest absolute Gasteiger partial charge is 0.119 e. The Hall–Kier alpha value is -1.80. The topological polar surface area (TPSA) is 18.5 Å². The second-order valence-electron chi connectivity index (χ2n) is 6.21. The van der Waals surface area contributed by atoms with Gasteiger partial charge in [0, 0.05) is 6.61 Å². The molecule has 2 aromatic carbocycles. The molecule has 0 heterocycles. The van der Waals surface area contributed by atoms with Crippen molar-refractivity contribution in [2.75, 3.05) is 13.2 Å². The van der Waals surface area contributed by atoms with Crippen LogP contribution in [0.2, 0.25) is 0 Å². The van der Waals surface area contributed by atoms with Gasteiger partial charge in [-0.25, -0.2) is 0 Å². The number of hydrogen-bond acceptors (Lipinski definition) is 2. The summed E-state index contributed by atoms with van der Waals surface area (Å²) in [6, 6.07) is 17.0. The molecule has 0 aromatic heterocycles. The van der Waals surface area contributed by atoms with Crippen LogP contribution < -0.4 is 4.74 Å². The molecule has 1 unspecified atom stereocenters. The average molecular weight is 326 g/mol. The highest BCUT2D eigenvalue weighted by atomic mass is 16.5. The molecule has 0 spiro atoms. The standard InChI is InChI=1S/C22H30O2/c1-4-6-7-17-24-22-14-12-21(13-15-22)20-10-8-19(9-11-20)18(3)23-16-5-2/h8-15,18H,4-7,16-17H2,1-3H3. The van der Waals surface area contributed by atoms with E-state index in [9.17, 15) is 0 Å². The molecule has 24 heavy (non-hydrogen) atoms. The van der Waals surface area contributed by atoms with Crippen LogP contribution in [-0.2, 0) is 4.74 Å². The van der Waals surface area contributed by atoms with Crippen molar-refractivity contribution in [1.29, 1.82) is 0 Å². The monoisotopic (exact) mass is 326 g/mol. The third-order valence-electron chi connectivity index (χ3n) is 4.16. The minimum Gasteiger partial charge on any atom is -0.494 e. The summed E-state index contributed by atoms with van der Waals surface area (Å²) in [5.74, 6) is 0.952. The second-order valence-corrected chi connectivity index (χ2v) is 6.21. The van der Waals surface area contributed by atoms with Gasteiger partial charge in [-0.2, -0.15) is 0 Å². The van der Waals surface area contributed by atoms with E-state index in [0.29, 0.717) is 0 Å². The molecule has 0 aliphatic carbocycles. The molecule has 0 radical (unpaired) electrons. The highest BCUT2D eigenvalue weighted by Gasteiger charge is 2.06.